The van der Waals surface area contributed by atoms with Crippen LogP contribution in [0.15, 0.2) is 156 Å². The van der Waals surface area contributed by atoms with Gasteiger partial charge >= 0.3 is 0 Å². The summed E-state index contributed by atoms with van der Waals surface area (Å²) in [6.07, 6.45) is 0. The molecule has 9 rings (SSSR count). The van der Waals surface area contributed by atoms with Crippen LogP contribution in [-0.2, 0) is 0 Å². The summed E-state index contributed by atoms with van der Waals surface area (Å²) in [5.74, 6) is 0.679. The lowest BCUT2D eigenvalue weighted by Gasteiger charge is -2.10. The van der Waals surface area contributed by atoms with Crippen LogP contribution < -0.4 is 0 Å². The molecule has 0 bridgehead atoms. The largest absolute Gasteiger partial charge is 0.451 e. The predicted molar refractivity (Wildman–Crippen MR) is 180 cm³/mol. The van der Waals surface area contributed by atoms with Crippen molar-refractivity contribution in [2.24, 2.45) is 0 Å². The van der Waals surface area contributed by atoms with Gasteiger partial charge in [-0.3, -0.25) is 0 Å². The zero-order valence-corrected chi connectivity index (χ0v) is 23.7. The molecule has 206 valence electrons. The lowest BCUT2D eigenvalue weighted by molar-refractivity contribution is 0.668. The summed E-state index contributed by atoms with van der Waals surface area (Å²) in [6.45, 7) is 0. The highest BCUT2D eigenvalue weighted by molar-refractivity contribution is 6.12. The van der Waals surface area contributed by atoms with Gasteiger partial charge in [0.1, 0.15) is 16.8 Å². The van der Waals surface area contributed by atoms with Gasteiger partial charge in [-0.1, -0.05) is 121 Å². The molecule has 0 aliphatic rings. The number of rotatable bonds is 4. The molecule has 0 saturated heterocycles. The number of hydrogen-bond donors (Lipinski definition) is 0. The number of aromatic nitrogens is 3. The van der Waals surface area contributed by atoms with Gasteiger partial charge in [0.25, 0.3) is 0 Å². The maximum atomic E-state index is 6.75. The highest BCUT2D eigenvalue weighted by Crippen LogP contribution is 2.40. The fourth-order valence-corrected chi connectivity index (χ4v) is 6.41. The van der Waals surface area contributed by atoms with Gasteiger partial charge in [-0.15, -0.1) is 0 Å². The van der Waals surface area contributed by atoms with Crippen molar-refractivity contribution in [3.8, 4) is 39.5 Å². The molecule has 9 aromatic rings. The van der Waals surface area contributed by atoms with Gasteiger partial charge in [-0.25, -0.2) is 9.97 Å². The molecule has 6 aromatic carbocycles. The molecular formula is C40H25N3O. The van der Waals surface area contributed by atoms with Crippen LogP contribution >= 0.6 is 0 Å². The zero-order valence-electron chi connectivity index (χ0n) is 23.7. The van der Waals surface area contributed by atoms with Crippen molar-refractivity contribution in [1.29, 1.82) is 0 Å². The summed E-state index contributed by atoms with van der Waals surface area (Å²) in [4.78, 5) is 10.1. The molecule has 0 unspecified atom stereocenters. The van der Waals surface area contributed by atoms with E-state index in [2.05, 4.69) is 108 Å². The van der Waals surface area contributed by atoms with Gasteiger partial charge in [0.15, 0.2) is 11.4 Å². The first-order valence-corrected chi connectivity index (χ1v) is 14.8. The molecule has 4 heteroatoms. The first-order valence-electron chi connectivity index (χ1n) is 14.8. The van der Waals surface area contributed by atoms with E-state index in [4.69, 9.17) is 14.4 Å². The Hall–Kier alpha value is -6.00. The third-order valence-corrected chi connectivity index (χ3v) is 8.41. The second kappa shape index (κ2) is 9.79. The predicted octanol–water partition coefficient (Wildman–Crippen LogP) is 10.5. The highest BCUT2D eigenvalue weighted by Gasteiger charge is 2.20. The molecule has 0 aliphatic carbocycles. The molecule has 3 heterocycles. The fraction of sp³-hybridized carbons (Fsp3) is 0. The van der Waals surface area contributed by atoms with E-state index in [1.54, 1.807) is 0 Å². The van der Waals surface area contributed by atoms with E-state index >= 15 is 0 Å². The Labute approximate surface area is 253 Å². The summed E-state index contributed by atoms with van der Waals surface area (Å²) >= 11 is 0. The number of hydrogen-bond acceptors (Lipinski definition) is 3. The molecular weight excluding hydrogens is 538 g/mol. The van der Waals surface area contributed by atoms with Crippen molar-refractivity contribution in [2.45, 2.75) is 0 Å². The van der Waals surface area contributed by atoms with E-state index in [1.165, 1.54) is 21.8 Å². The minimum Gasteiger partial charge on any atom is -0.451 e. The van der Waals surface area contributed by atoms with E-state index in [1.807, 2.05) is 48.5 Å². The van der Waals surface area contributed by atoms with Crippen LogP contribution in [-0.4, -0.2) is 14.5 Å². The number of para-hydroxylation sites is 3. The number of benzene rings is 6. The minimum absolute atomic E-state index is 0.679. The SMILES string of the molecule is c1ccc(-c2nc(-c3ccccc3)c3oc4c(-c5cccc(-n6c7ccccc7c7ccccc76)c5)cccc4c3n2)cc1. The minimum atomic E-state index is 0.679. The molecule has 0 N–H and O–H groups in total. The number of furan rings is 1. The van der Waals surface area contributed by atoms with Crippen LogP contribution in [0.4, 0.5) is 0 Å². The second-order valence-electron chi connectivity index (χ2n) is 11.0. The van der Waals surface area contributed by atoms with Crippen LogP contribution in [0.1, 0.15) is 0 Å². The molecule has 4 nitrogen and oxygen atoms in total. The van der Waals surface area contributed by atoms with Crippen molar-refractivity contribution in [3.63, 3.8) is 0 Å². The van der Waals surface area contributed by atoms with Gasteiger partial charge in [-0.2, -0.15) is 0 Å². The quantitative estimate of drug-likeness (QED) is 0.214. The number of fused-ring (bicyclic) bond motifs is 6. The Bertz CT molecular complexity index is 2440. The first-order chi connectivity index (χ1) is 21.8. The fourth-order valence-electron chi connectivity index (χ4n) is 6.41. The van der Waals surface area contributed by atoms with E-state index in [0.717, 1.165) is 50.1 Å². The zero-order chi connectivity index (χ0) is 29.0. The van der Waals surface area contributed by atoms with Gasteiger partial charge in [0.05, 0.1) is 11.0 Å². The summed E-state index contributed by atoms with van der Waals surface area (Å²) in [6, 6.07) is 52.5. The van der Waals surface area contributed by atoms with Crippen LogP contribution in [0.3, 0.4) is 0 Å². The topological polar surface area (TPSA) is 43.9 Å². The van der Waals surface area contributed by atoms with Crippen LogP contribution in [0.2, 0.25) is 0 Å². The normalized spacial score (nSPS) is 11.6. The Kier molecular flexibility index (Phi) is 5.47. The molecule has 0 fully saturated rings. The van der Waals surface area contributed by atoms with Crippen LogP contribution in [0, 0.1) is 0 Å². The van der Waals surface area contributed by atoms with Gasteiger partial charge < -0.3 is 8.98 Å². The highest BCUT2D eigenvalue weighted by atomic mass is 16.3. The maximum absolute atomic E-state index is 6.75. The molecule has 0 radical (unpaired) electrons. The molecule has 0 aliphatic heterocycles. The Morgan fingerprint density at radius 3 is 1.77 bits per heavy atom. The van der Waals surface area contributed by atoms with Crippen molar-refractivity contribution in [3.05, 3.63) is 152 Å². The molecule has 0 atom stereocenters. The van der Waals surface area contributed by atoms with E-state index in [9.17, 15) is 0 Å². The summed E-state index contributed by atoms with van der Waals surface area (Å²) < 4.78 is 9.10. The lowest BCUT2D eigenvalue weighted by atomic mass is 10.0. The Morgan fingerprint density at radius 1 is 0.455 bits per heavy atom. The van der Waals surface area contributed by atoms with Crippen molar-refractivity contribution < 1.29 is 4.42 Å². The van der Waals surface area contributed by atoms with Crippen LogP contribution in [0.5, 0.6) is 0 Å². The summed E-state index contributed by atoms with van der Waals surface area (Å²) in [5.41, 5.74) is 10.6. The molecule has 44 heavy (non-hydrogen) atoms. The molecule has 3 aromatic heterocycles. The smallest absolute Gasteiger partial charge is 0.180 e. The molecule has 0 saturated carbocycles. The average molecular weight is 564 g/mol. The van der Waals surface area contributed by atoms with Crippen molar-refractivity contribution >= 4 is 43.9 Å². The van der Waals surface area contributed by atoms with Crippen molar-refractivity contribution in [2.75, 3.05) is 0 Å². The lowest BCUT2D eigenvalue weighted by Crippen LogP contribution is -1.94. The summed E-state index contributed by atoms with van der Waals surface area (Å²) in [7, 11) is 0. The van der Waals surface area contributed by atoms with Crippen LogP contribution in [0.25, 0.3) is 83.3 Å². The monoisotopic (exact) mass is 563 g/mol. The van der Waals surface area contributed by atoms with Gasteiger partial charge in [0.2, 0.25) is 0 Å². The summed E-state index contributed by atoms with van der Waals surface area (Å²) in [5, 5.41) is 3.46. The second-order valence-corrected chi connectivity index (χ2v) is 11.0. The third kappa shape index (κ3) is 3.78. The maximum Gasteiger partial charge on any atom is 0.180 e. The first kappa shape index (κ1) is 24.6. The average Bonchev–Trinajstić information content (AvgIpc) is 3.65. The Balaban J connectivity index is 1.28. The van der Waals surface area contributed by atoms with E-state index in [0.29, 0.717) is 11.4 Å². The third-order valence-electron chi connectivity index (χ3n) is 8.41. The Morgan fingerprint density at radius 2 is 1.05 bits per heavy atom. The standard InChI is InChI=1S/C40H25N3O/c1-3-13-26(14-4-1)36-39-37(42-40(41-36)27-15-5-2-6-16-27)33-22-12-21-30(38(33)44-39)28-17-11-18-29(25-28)43-34-23-9-7-19-31(34)32-20-8-10-24-35(32)43/h1-25H. The van der Waals surface area contributed by atoms with Crippen molar-refractivity contribution in [1.82, 2.24) is 14.5 Å². The number of nitrogens with zero attached hydrogens (tertiary/aromatic N) is 3. The van der Waals surface area contributed by atoms with E-state index in [-0.39, 0.29) is 0 Å². The van der Waals surface area contributed by atoms with E-state index < -0.39 is 0 Å². The van der Waals surface area contributed by atoms with Gasteiger partial charge in [-0.05, 0) is 35.9 Å². The molecule has 0 spiro atoms. The molecule has 0 amide bonds. The van der Waals surface area contributed by atoms with Gasteiger partial charge in [0, 0.05) is 38.5 Å².